The van der Waals surface area contributed by atoms with Crippen LogP contribution in [0.1, 0.15) is 27.1 Å². The van der Waals surface area contributed by atoms with Gasteiger partial charge in [0.1, 0.15) is 0 Å². The standard InChI is InChI=1S/C25H22N2O6/c28-23(26-18-11-12-21-22(15-18)32-14-6-13-31-21)16-33-25(30)19-9-4-5-10-20(19)27-24(29)17-7-2-1-3-8-17/h1-5,7-12,15H,6,13-14,16H2,(H,26,28)(H,27,29). The number of anilines is 2. The number of rotatable bonds is 6. The number of carbonyl (C=O) groups excluding carboxylic acids is 3. The summed E-state index contributed by atoms with van der Waals surface area (Å²) in [6.45, 7) is 0.610. The second kappa shape index (κ2) is 10.3. The number of hydrogen-bond acceptors (Lipinski definition) is 6. The summed E-state index contributed by atoms with van der Waals surface area (Å²) >= 11 is 0. The lowest BCUT2D eigenvalue weighted by atomic mass is 10.1. The van der Waals surface area contributed by atoms with Gasteiger partial charge in [0.05, 0.1) is 24.5 Å². The third kappa shape index (κ3) is 5.68. The maximum absolute atomic E-state index is 12.6. The molecular formula is C25H22N2O6. The predicted molar refractivity (Wildman–Crippen MR) is 122 cm³/mol. The molecule has 1 aliphatic rings. The molecule has 4 rings (SSSR count). The van der Waals surface area contributed by atoms with E-state index in [1.165, 1.54) is 6.07 Å². The SMILES string of the molecule is O=C(COC(=O)c1ccccc1NC(=O)c1ccccc1)Nc1ccc2c(c1)OCCCO2. The Hall–Kier alpha value is -4.33. The van der Waals surface area contributed by atoms with Gasteiger partial charge in [-0.05, 0) is 36.4 Å². The highest BCUT2D eigenvalue weighted by Crippen LogP contribution is 2.32. The Morgan fingerprint density at radius 1 is 0.818 bits per heavy atom. The number of ether oxygens (including phenoxy) is 3. The van der Waals surface area contributed by atoms with Gasteiger partial charge in [-0.1, -0.05) is 30.3 Å². The average Bonchev–Trinajstić information content (AvgIpc) is 3.08. The Morgan fingerprint density at radius 3 is 2.36 bits per heavy atom. The highest BCUT2D eigenvalue weighted by atomic mass is 16.5. The van der Waals surface area contributed by atoms with Crippen molar-refractivity contribution in [1.82, 2.24) is 0 Å². The quantitative estimate of drug-likeness (QED) is 0.557. The van der Waals surface area contributed by atoms with Gasteiger partial charge < -0.3 is 24.8 Å². The number of fused-ring (bicyclic) bond motifs is 1. The van der Waals surface area contributed by atoms with Gasteiger partial charge in [0.25, 0.3) is 11.8 Å². The van der Waals surface area contributed by atoms with E-state index in [-0.39, 0.29) is 11.5 Å². The summed E-state index contributed by atoms with van der Waals surface area (Å²) in [6, 6.07) is 20.1. The zero-order valence-electron chi connectivity index (χ0n) is 17.7. The molecule has 3 aromatic rings. The van der Waals surface area contributed by atoms with Crippen LogP contribution in [0, 0.1) is 0 Å². The number of para-hydroxylation sites is 1. The van der Waals surface area contributed by atoms with E-state index in [2.05, 4.69) is 10.6 Å². The van der Waals surface area contributed by atoms with E-state index in [0.29, 0.717) is 41.7 Å². The molecule has 0 unspecified atom stereocenters. The molecular weight excluding hydrogens is 424 g/mol. The van der Waals surface area contributed by atoms with Crippen molar-refractivity contribution >= 4 is 29.2 Å². The molecule has 2 N–H and O–H groups in total. The molecule has 8 heteroatoms. The molecule has 0 saturated carbocycles. The van der Waals surface area contributed by atoms with Gasteiger partial charge in [0.2, 0.25) is 0 Å². The molecule has 1 heterocycles. The summed E-state index contributed by atoms with van der Waals surface area (Å²) in [5.41, 5.74) is 1.39. The van der Waals surface area contributed by atoms with Crippen LogP contribution in [-0.2, 0) is 9.53 Å². The third-order valence-electron chi connectivity index (χ3n) is 4.80. The molecule has 0 spiro atoms. The maximum Gasteiger partial charge on any atom is 0.340 e. The first kappa shape index (κ1) is 21.9. The largest absolute Gasteiger partial charge is 0.490 e. The molecule has 2 amide bonds. The molecule has 1 aliphatic heterocycles. The molecule has 33 heavy (non-hydrogen) atoms. The summed E-state index contributed by atoms with van der Waals surface area (Å²) in [5, 5.41) is 5.37. The van der Waals surface area contributed by atoms with Gasteiger partial charge in [-0.25, -0.2) is 4.79 Å². The van der Waals surface area contributed by atoms with Gasteiger partial charge in [0, 0.05) is 23.7 Å². The van der Waals surface area contributed by atoms with Gasteiger partial charge in [-0.3, -0.25) is 9.59 Å². The van der Waals surface area contributed by atoms with E-state index < -0.39 is 18.5 Å². The van der Waals surface area contributed by atoms with E-state index in [1.807, 2.05) is 0 Å². The van der Waals surface area contributed by atoms with Crippen molar-refractivity contribution in [1.29, 1.82) is 0 Å². The lowest BCUT2D eigenvalue weighted by Gasteiger charge is -2.12. The molecule has 0 aliphatic carbocycles. The zero-order chi connectivity index (χ0) is 23.0. The van der Waals surface area contributed by atoms with Crippen LogP contribution in [0.4, 0.5) is 11.4 Å². The maximum atomic E-state index is 12.6. The summed E-state index contributed by atoms with van der Waals surface area (Å²) in [4.78, 5) is 37.3. The molecule has 0 bridgehead atoms. The number of amides is 2. The van der Waals surface area contributed by atoms with Crippen molar-refractivity contribution in [3.8, 4) is 11.5 Å². The Labute approximate surface area is 190 Å². The van der Waals surface area contributed by atoms with Gasteiger partial charge in [0.15, 0.2) is 18.1 Å². The second-order valence-electron chi connectivity index (χ2n) is 7.20. The van der Waals surface area contributed by atoms with Crippen LogP contribution in [0.15, 0.2) is 72.8 Å². The fourth-order valence-corrected chi connectivity index (χ4v) is 3.20. The first-order valence-electron chi connectivity index (χ1n) is 10.4. The fraction of sp³-hybridized carbons (Fsp3) is 0.160. The number of benzene rings is 3. The first-order chi connectivity index (χ1) is 16.1. The van der Waals surface area contributed by atoms with Crippen LogP contribution < -0.4 is 20.1 Å². The monoisotopic (exact) mass is 446 g/mol. The third-order valence-corrected chi connectivity index (χ3v) is 4.80. The molecule has 8 nitrogen and oxygen atoms in total. The molecule has 0 radical (unpaired) electrons. The van der Waals surface area contributed by atoms with E-state index in [4.69, 9.17) is 14.2 Å². The first-order valence-corrected chi connectivity index (χ1v) is 10.4. The van der Waals surface area contributed by atoms with Crippen LogP contribution in [0.2, 0.25) is 0 Å². The number of carbonyl (C=O) groups is 3. The zero-order valence-corrected chi connectivity index (χ0v) is 17.7. The lowest BCUT2D eigenvalue weighted by Crippen LogP contribution is -2.22. The molecule has 3 aromatic carbocycles. The van der Waals surface area contributed by atoms with Gasteiger partial charge >= 0.3 is 5.97 Å². The Bertz CT molecular complexity index is 1160. The second-order valence-corrected chi connectivity index (χ2v) is 7.20. The highest BCUT2D eigenvalue weighted by Gasteiger charge is 2.17. The van der Waals surface area contributed by atoms with Crippen LogP contribution in [0.5, 0.6) is 11.5 Å². The van der Waals surface area contributed by atoms with Crippen LogP contribution >= 0.6 is 0 Å². The summed E-state index contributed by atoms with van der Waals surface area (Å²) in [6.07, 6.45) is 0.777. The average molecular weight is 446 g/mol. The predicted octanol–water partition coefficient (Wildman–Crippen LogP) is 3.90. The van der Waals surface area contributed by atoms with E-state index in [9.17, 15) is 14.4 Å². The normalized spacial score (nSPS) is 12.2. The van der Waals surface area contributed by atoms with Crippen molar-refractivity contribution < 1.29 is 28.6 Å². The van der Waals surface area contributed by atoms with E-state index in [0.717, 1.165) is 6.42 Å². The van der Waals surface area contributed by atoms with Gasteiger partial charge in [-0.15, -0.1) is 0 Å². The summed E-state index contributed by atoms with van der Waals surface area (Å²) in [5.74, 6) is -0.434. The van der Waals surface area contributed by atoms with Crippen LogP contribution in [0.3, 0.4) is 0 Å². The molecule has 168 valence electrons. The summed E-state index contributed by atoms with van der Waals surface area (Å²) in [7, 11) is 0. The van der Waals surface area contributed by atoms with E-state index >= 15 is 0 Å². The molecule has 0 aromatic heterocycles. The smallest absolute Gasteiger partial charge is 0.340 e. The van der Waals surface area contributed by atoms with Crippen molar-refractivity contribution in [2.24, 2.45) is 0 Å². The molecule has 0 atom stereocenters. The van der Waals surface area contributed by atoms with Crippen molar-refractivity contribution in [3.63, 3.8) is 0 Å². The van der Waals surface area contributed by atoms with Crippen LogP contribution in [0.25, 0.3) is 0 Å². The fourth-order valence-electron chi connectivity index (χ4n) is 3.20. The summed E-state index contributed by atoms with van der Waals surface area (Å²) < 4.78 is 16.3. The van der Waals surface area contributed by atoms with E-state index in [1.54, 1.807) is 66.7 Å². The van der Waals surface area contributed by atoms with Gasteiger partial charge in [-0.2, -0.15) is 0 Å². The minimum Gasteiger partial charge on any atom is -0.490 e. The van der Waals surface area contributed by atoms with Crippen molar-refractivity contribution in [2.75, 3.05) is 30.5 Å². The molecule has 0 fully saturated rings. The Morgan fingerprint density at radius 2 is 1.55 bits per heavy atom. The Kier molecular flexibility index (Phi) is 6.84. The minimum atomic E-state index is -0.729. The van der Waals surface area contributed by atoms with Crippen molar-refractivity contribution in [3.05, 3.63) is 83.9 Å². The minimum absolute atomic E-state index is 0.144. The highest BCUT2D eigenvalue weighted by molar-refractivity contribution is 6.08. The lowest BCUT2D eigenvalue weighted by molar-refractivity contribution is -0.119. The number of esters is 1. The van der Waals surface area contributed by atoms with Crippen molar-refractivity contribution in [2.45, 2.75) is 6.42 Å². The number of hydrogen-bond donors (Lipinski definition) is 2. The molecule has 0 saturated heterocycles. The topological polar surface area (TPSA) is 103 Å². The Balaban J connectivity index is 1.36. The number of nitrogens with one attached hydrogen (secondary N) is 2. The van der Waals surface area contributed by atoms with Crippen LogP contribution in [-0.4, -0.2) is 37.6 Å².